The first-order valence-corrected chi connectivity index (χ1v) is 7.38. The number of nitro groups is 1. The summed E-state index contributed by atoms with van der Waals surface area (Å²) in [5, 5.41) is 12.7. The van der Waals surface area contributed by atoms with Gasteiger partial charge in [0.2, 0.25) is 6.54 Å². The highest BCUT2D eigenvalue weighted by Crippen LogP contribution is 2.34. The van der Waals surface area contributed by atoms with Crippen LogP contribution in [0.1, 0.15) is 22.6 Å². The summed E-state index contributed by atoms with van der Waals surface area (Å²) in [5.41, 5.74) is 3.78. The Kier molecular flexibility index (Phi) is 3.86. The molecule has 3 aromatic rings. The van der Waals surface area contributed by atoms with Gasteiger partial charge >= 0.3 is 0 Å². The van der Waals surface area contributed by atoms with Crippen LogP contribution in [0.4, 0.5) is 0 Å². The van der Waals surface area contributed by atoms with Crippen molar-refractivity contribution in [1.29, 1.82) is 0 Å². The Labute approximate surface area is 132 Å². The van der Waals surface area contributed by atoms with Crippen LogP contribution in [-0.4, -0.2) is 16.5 Å². The van der Waals surface area contributed by atoms with Crippen LogP contribution in [0.3, 0.4) is 0 Å². The van der Waals surface area contributed by atoms with Crippen molar-refractivity contribution in [2.24, 2.45) is 0 Å². The third kappa shape index (κ3) is 2.70. The molecule has 22 heavy (non-hydrogen) atoms. The summed E-state index contributed by atoms with van der Waals surface area (Å²) in [7, 11) is 0. The van der Waals surface area contributed by atoms with E-state index < -0.39 is 0 Å². The smallest absolute Gasteiger partial charge is 0.214 e. The summed E-state index contributed by atoms with van der Waals surface area (Å²) in [6.45, 7) is 1.82. The second kappa shape index (κ2) is 5.81. The zero-order valence-electron chi connectivity index (χ0n) is 12.0. The van der Waals surface area contributed by atoms with Crippen molar-refractivity contribution >= 4 is 22.5 Å². The fourth-order valence-electron chi connectivity index (χ4n) is 2.82. The Balaban J connectivity index is 2.18. The maximum atomic E-state index is 11.1. The highest BCUT2D eigenvalue weighted by atomic mass is 35.5. The van der Waals surface area contributed by atoms with Crippen molar-refractivity contribution in [2.45, 2.75) is 12.8 Å². The lowest BCUT2D eigenvalue weighted by Gasteiger charge is -2.14. The first-order valence-electron chi connectivity index (χ1n) is 7.00. The second-order valence-corrected chi connectivity index (χ2v) is 5.79. The van der Waals surface area contributed by atoms with Gasteiger partial charge in [-0.3, -0.25) is 10.1 Å². The van der Waals surface area contributed by atoms with Gasteiger partial charge < -0.3 is 4.98 Å². The van der Waals surface area contributed by atoms with Crippen molar-refractivity contribution < 1.29 is 4.92 Å². The Morgan fingerprint density at radius 2 is 2.00 bits per heavy atom. The molecule has 0 spiro atoms. The molecule has 1 aromatic heterocycles. The van der Waals surface area contributed by atoms with Crippen molar-refractivity contribution in [3.05, 3.63) is 80.5 Å². The lowest BCUT2D eigenvalue weighted by atomic mass is 9.90. The molecule has 4 nitrogen and oxygen atoms in total. The van der Waals surface area contributed by atoms with E-state index in [1.807, 2.05) is 49.5 Å². The van der Waals surface area contributed by atoms with Crippen LogP contribution in [0, 0.1) is 17.0 Å². The van der Waals surface area contributed by atoms with Crippen molar-refractivity contribution in [3.8, 4) is 0 Å². The number of nitrogens with one attached hydrogen (secondary N) is 1. The average molecular weight is 315 g/mol. The molecule has 0 aliphatic carbocycles. The maximum Gasteiger partial charge on any atom is 0.214 e. The van der Waals surface area contributed by atoms with E-state index in [-0.39, 0.29) is 17.4 Å². The third-order valence-corrected chi connectivity index (χ3v) is 4.20. The van der Waals surface area contributed by atoms with Gasteiger partial charge in [-0.1, -0.05) is 41.4 Å². The minimum atomic E-state index is -0.376. The van der Waals surface area contributed by atoms with Crippen molar-refractivity contribution in [3.63, 3.8) is 0 Å². The van der Waals surface area contributed by atoms with E-state index in [0.717, 1.165) is 27.6 Å². The Bertz CT molecular complexity index is 842. The van der Waals surface area contributed by atoms with Gasteiger partial charge in [0.1, 0.15) is 0 Å². The number of fused-ring (bicyclic) bond motifs is 1. The summed E-state index contributed by atoms with van der Waals surface area (Å²) in [5.74, 6) is -0.376. The van der Waals surface area contributed by atoms with Gasteiger partial charge in [-0.25, -0.2) is 0 Å². The van der Waals surface area contributed by atoms with Gasteiger partial charge in [-0.15, -0.1) is 0 Å². The molecule has 0 saturated heterocycles. The van der Waals surface area contributed by atoms with Gasteiger partial charge in [0.05, 0.1) is 5.92 Å². The van der Waals surface area contributed by atoms with Gasteiger partial charge in [-0.05, 0) is 36.2 Å². The zero-order valence-corrected chi connectivity index (χ0v) is 12.8. The Morgan fingerprint density at radius 3 is 2.73 bits per heavy atom. The van der Waals surface area contributed by atoms with E-state index in [4.69, 9.17) is 11.6 Å². The second-order valence-electron chi connectivity index (χ2n) is 5.38. The highest BCUT2D eigenvalue weighted by Gasteiger charge is 2.25. The number of H-pyrrole nitrogens is 1. The van der Waals surface area contributed by atoms with Crippen LogP contribution < -0.4 is 0 Å². The topological polar surface area (TPSA) is 58.9 Å². The van der Waals surface area contributed by atoms with E-state index in [2.05, 4.69) is 4.98 Å². The first kappa shape index (κ1) is 14.6. The minimum absolute atomic E-state index is 0.190. The van der Waals surface area contributed by atoms with Crippen LogP contribution in [0.2, 0.25) is 5.02 Å². The quantitative estimate of drug-likeness (QED) is 0.568. The molecule has 0 aliphatic heterocycles. The lowest BCUT2D eigenvalue weighted by Crippen LogP contribution is -2.14. The number of benzene rings is 2. The van der Waals surface area contributed by atoms with Crippen LogP contribution in [0.5, 0.6) is 0 Å². The molecular weight excluding hydrogens is 300 g/mol. The van der Waals surface area contributed by atoms with E-state index in [9.17, 15) is 10.1 Å². The standard InChI is InChI=1S/C17H15ClN2O2/c1-11-6-7-17-13(8-11)14(9-19-17)15(10-20(21)22)12-4-2-3-5-16(12)18/h2-9,15,19H,10H2,1H3. The summed E-state index contributed by atoms with van der Waals surface area (Å²) in [6, 6.07) is 13.4. The van der Waals surface area contributed by atoms with Crippen molar-refractivity contribution in [2.75, 3.05) is 6.54 Å². The zero-order chi connectivity index (χ0) is 15.7. The highest BCUT2D eigenvalue weighted by molar-refractivity contribution is 6.31. The van der Waals surface area contributed by atoms with Gasteiger partial charge in [0, 0.05) is 27.0 Å². The van der Waals surface area contributed by atoms with Crippen molar-refractivity contribution in [1.82, 2.24) is 4.98 Å². The predicted molar refractivity (Wildman–Crippen MR) is 88.2 cm³/mol. The molecule has 1 heterocycles. The fourth-order valence-corrected chi connectivity index (χ4v) is 3.08. The fraction of sp³-hybridized carbons (Fsp3) is 0.176. The van der Waals surface area contributed by atoms with Crippen LogP contribution >= 0.6 is 11.6 Å². The molecule has 0 saturated carbocycles. The maximum absolute atomic E-state index is 11.1. The number of hydrogen-bond acceptors (Lipinski definition) is 2. The average Bonchev–Trinajstić information content (AvgIpc) is 2.88. The molecule has 1 atom stereocenters. The molecule has 0 radical (unpaired) electrons. The molecule has 1 N–H and O–H groups in total. The first-order chi connectivity index (χ1) is 10.6. The number of nitrogens with zero attached hydrogens (tertiary/aromatic N) is 1. The van der Waals surface area contributed by atoms with Gasteiger partial charge in [0.25, 0.3) is 0 Å². The number of hydrogen-bond donors (Lipinski definition) is 1. The van der Waals surface area contributed by atoms with E-state index in [1.54, 1.807) is 6.07 Å². The number of aromatic nitrogens is 1. The normalized spacial score (nSPS) is 12.5. The molecule has 0 aliphatic rings. The Hall–Kier alpha value is -2.33. The minimum Gasteiger partial charge on any atom is -0.361 e. The number of rotatable bonds is 4. The summed E-state index contributed by atoms with van der Waals surface area (Å²) in [4.78, 5) is 14.0. The number of halogens is 1. The number of aromatic amines is 1. The van der Waals surface area contributed by atoms with Gasteiger partial charge in [-0.2, -0.15) is 0 Å². The van der Waals surface area contributed by atoms with E-state index in [0.29, 0.717) is 5.02 Å². The lowest BCUT2D eigenvalue weighted by molar-refractivity contribution is -0.481. The number of aryl methyl sites for hydroxylation is 1. The summed E-state index contributed by atoms with van der Waals surface area (Å²) >= 11 is 6.27. The molecule has 0 amide bonds. The molecule has 2 aromatic carbocycles. The van der Waals surface area contributed by atoms with Gasteiger partial charge in [0.15, 0.2) is 0 Å². The molecule has 0 bridgehead atoms. The third-order valence-electron chi connectivity index (χ3n) is 3.86. The molecule has 1 unspecified atom stereocenters. The Morgan fingerprint density at radius 1 is 1.23 bits per heavy atom. The predicted octanol–water partition coefficient (Wildman–Crippen LogP) is 4.54. The van der Waals surface area contributed by atoms with Crippen LogP contribution in [0.25, 0.3) is 10.9 Å². The SMILES string of the molecule is Cc1ccc2[nH]cc(C(C[N+](=O)[O-])c3ccccc3Cl)c2c1. The monoisotopic (exact) mass is 314 g/mol. The molecule has 5 heteroatoms. The van der Waals surface area contributed by atoms with Crippen LogP contribution in [0.15, 0.2) is 48.7 Å². The van der Waals surface area contributed by atoms with E-state index in [1.165, 1.54) is 0 Å². The molecule has 112 valence electrons. The molecule has 0 fully saturated rings. The van der Waals surface area contributed by atoms with Crippen LogP contribution in [-0.2, 0) is 0 Å². The molecular formula is C17H15ClN2O2. The summed E-state index contributed by atoms with van der Waals surface area (Å²) in [6.07, 6.45) is 1.85. The van der Waals surface area contributed by atoms with E-state index >= 15 is 0 Å². The summed E-state index contributed by atoms with van der Waals surface area (Å²) < 4.78 is 0. The largest absolute Gasteiger partial charge is 0.361 e. The molecule has 3 rings (SSSR count).